The Labute approximate surface area is 97.5 Å². The highest BCUT2D eigenvalue weighted by Crippen LogP contribution is 2.20. The van der Waals surface area contributed by atoms with Gasteiger partial charge in [-0.1, -0.05) is 30.3 Å². The van der Waals surface area contributed by atoms with E-state index in [2.05, 4.69) is 4.72 Å². The first kappa shape index (κ1) is 13.2. The van der Waals surface area contributed by atoms with Crippen LogP contribution < -0.4 is 4.72 Å². The Balaban J connectivity index is 2.97. The topological polar surface area (TPSA) is 49.4 Å². The van der Waals surface area contributed by atoms with E-state index < -0.39 is 15.7 Å². The normalized spacial score (nSPS) is 13.1. The molecule has 0 saturated carbocycles. The molecule has 1 aromatic carbocycles. The standard InChI is InChI=1S/C11H18N2O2S/c1-11(2,10-8-6-5-7-9-10)12-16(14,15)13(3)4/h5-9,12H,1-4H3. The average molecular weight is 242 g/mol. The molecule has 5 heteroatoms. The summed E-state index contributed by atoms with van der Waals surface area (Å²) in [6, 6.07) is 9.48. The van der Waals surface area contributed by atoms with Crippen LogP contribution in [0, 0.1) is 0 Å². The summed E-state index contributed by atoms with van der Waals surface area (Å²) in [6.45, 7) is 3.67. The van der Waals surface area contributed by atoms with E-state index in [1.807, 2.05) is 44.2 Å². The van der Waals surface area contributed by atoms with Crippen LogP contribution in [0.1, 0.15) is 19.4 Å². The van der Waals surface area contributed by atoms with Gasteiger partial charge in [-0.05, 0) is 19.4 Å². The van der Waals surface area contributed by atoms with Crippen molar-refractivity contribution >= 4 is 10.2 Å². The molecule has 1 rings (SSSR count). The molecule has 0 spiro atoms. The Hall–Kier alpha value is -0.910. The van der Waals surface area contributed by atoms with Crippen molar-refractivity contribution < 1.29 is 8.42 Å². The molecule has 0 aliphatic rings. The van der Waals surface area contributed by atoms with Gasteiger partial charge in [-0.15, -0.1) is 0 Å². The highest BCUT2D eigenvalue weighted by atomic mass is 32.2. The lowest BCUT2D eigenvalue weighted by atomic mass is 9.96. The first-order valence-corrected chi connectivity index (χ1v) is 6.47. The second-order valence-electron chi connectivity index (χ2n) is 4.38. The molecule has 0 radical (unpaired) electrons. The quantitative estimate of drug-likeness (QED) is 0.865. The largest absolute Gasteiger partial charge is 0.279 e. The van der Waals surface area contributed by atoms with Crippen molar-refractivity contribution in [2.75, 3.05) is 14.1 Å². The highest BCUT2D eigenvalue weighted by Gasteiger charge is 2.27. The summed E-state index contributed by atoms with van der Waals surface area (Å²) >= 11 is 0. The van der Waals surface area contributed by atoms with Crippen LogP contribution in [0.3, 0.4) is 0 Å². The molecular weight excluding hydrogens is 224 g/mol. The number of nitrogens with one attached hydrogen (secondary N) is 1. The molecule has 1 N–H and O–H groups in total. The fraction of sp³-hybridized carbons (Fsp3) is 0.455. The van der Waals surface area contributed by atoms with Gasteiger partial charge in [-0.25, -0.2) is 0 Å². The summed E-state index contributed by atoms with van der Waals surface area (Å²) in [4.78, 5) is 0. The zero-order chi connectivity index (χ0) is 12.4. The smallest absolute Gasteiger partial charge is 0.195 e. The second kappa shape index (κ2) is 4.53. The molecule has 0 aliphatic heterocycles. The van der Waals surface area contributed by atoms with Crippen LogP contribution in [0.5, 0.6) is 0 Å². The Morgan fingerprint density at radius 1 is 1.12 bits per heavy atom. The average Bonchev–Trinajstić information content (AvgIpc) is 2.17. The molecule has 0 aliphatic carbocycles. The van der Waals surface area contributed by atoms with E-state index in [1.165, 1.54) is 14.1 Å². The van der Waals surface area contributed by atoms with E-state index in [-0.39, 0.29) is 0 Å². The van der Waals surface area contributed by atoms with Crippen LogP contribution in [0.15, 0.2) is 30.3 Å². The van der Waals surface area contributed by atoms with Crippen LogP contribution in [0.2, 0.25) is 0 Å². The highest BCUT2D eigenvalue weighted by molar-refractivity contribution is 7.87. The van der Waals surface area contributed by atoms with Gasteiger partial charge < -0.3 is 0 Å². The zero-order valence-corrected chi connectivity index (χ0v) is 10.9. The van der Waals surface area contributed by atoms with Gasteiger partial charge in [0.1, 0.15) is 0 Å². The van der Waals surface area contributed by atoms with Crippen LogP contribution in [0.25, 0.3) is 0 Å². The molecule has 0 amide bonds. The summed E-state index contributed by atoms with van der Waals surface area (Å²) in [5.74, 6) is 0. The maximum Gasteiger partial charge on any atom is 0.279 e. The molecule has 0 aromatic heterocycles. The van der Waals surface area contributed by atoms with Crippen LogP contribution >= 0.6 is 0 Å². The van der Waals surface area contributed by atoms with Gasteiger partial charge >= 0.3 is 0 Å². The first-order valence-electron chi connectivity index (χ1n) is 5.03. The van der Waals surface area contributed by atoms with Gasteiger partial charge in [0.2, 0.25) is 0 Å². The van der Waals surface area contributed by atoms with Crippen molar-refractivity contribution in [2.45, 2.75) is 19.4 Å². The predicted molar refractivity (Wildman–Crippen MR) is 65.2 cm³/mol. The summed E-state index contributed by atoms with van der Waals surface area (Å²) in [7, 11) is -0.414. The van der Waals surface area contributed by atoms with Gasteiger partial charge in [-0.2, -0.15) is 17.4 Å². The lowest BCUT2D eigenvalue weighted by molar-refractivity contribution is 0.437. The van der Waals surface area contributed by atoms with Crippen molar-refractivity contribution in [1.82, 2.24) is 9.03 Å². The van der Waals surface area contributed by atoms with Crippen LogP contribution in [-0.4, -0.2) is 26.8 Å². The van der Waals surface area contributed by atoms with E-state index in [0.29, 0.717) is 0 Å². The first-order chi connectivity index (χ1) is 7.26. The minimum atomic E-state index is -3.42. The Morgan fingerprint density at radius 3 is 2.06 bits per heavy atom. The van der Waals surface area contributed by atoms with Crippen molar-refractivity contribution in [3.63, 3.8) is 0 Å². The third-order valence-corrected chi connectivity index (χ3v) is 4.09. The minimum absolute atomic E-state index is 0.621. The van der Waals surface area contributed by atoms with Crippen molar-refractivity contribution in [3.05, 3.63) is 35.9 Å². The zero-order valence-electron chi connectivity index (χ0n) is 10.1. The SMILES string of the molecule is CN(C)S(=O)(=O)NC(C)(C)c1ccccc1. The van der Waals surface area contributed by atoms with Crippen molar-refractivity contribution in [1.29, 1.82) is 0 Å². The molecule has 90 valence electrons. The summed E-state index contributed by atoms with van der Waals surface area (Å²) in [5, 5.41) is 0. The summed E-state index contributed by atoms with van der Waals surface area (Å²) in [5.41, 5.74) is 0.310. The fourth-order valence-corrected chi connectivity index (χ4v) is 2.27. The summed E-state index contributed by atoms with van der Waals surface area (Å²) < 4.78 is 27.3. The molecule has 4 nitrogen and oxygen atoms in total. The molecule has 0 atom stereocenters. The second-order valence-corrected chi connectivity index (χ2v) is 6.27. The molecule has 16 heavy (non-hydrogen) atoms. The lowest BCUT2D eigenvalue weighted by Gasteiger charge is -2.28. The summed E-state index contributed by atoms with van der Waals surface area (Å²) in [6.07, 6.45) is 0. The van der Waals surface area contributed by atoms with Gasteiger partial charge in [0.15, 0.2) is 0 Å². The molecule has 0 heterocycles. The van der Waals surface area contributed by atoms with E-state index in [4.69, 9.17) is 0 Å². The lowest BCUT2D eigenvalue weighted by Crippen LogP contribution is -2.46. The predicted octanol–water partition coefficient (Wildman–Crippen LogP) is 1.32. The number of nitrogens with zero attached hydrogens (tertiary/aromatic N) is 1. The fourth-order valence-electron chi connectivity index (χ4n) is 1.33. The van der Waals surface area contributed by atoms with E-state index in [0.717, 1.165) is 9.87 Å². The van der Waals surface area contributed by atoms with Gasteiger partial charge in [-0.3, -0.25) is 0 Å². The Bertz CT molecular complexity index is 438. The van der Waals surface area contributed by atoms with Crippen LogP contribution in [0.4, 0.5) is 0 Å². The van der Waals surface area contributed by atoms with Gasteiger partial charge in [0.05, 0.1) is 5.54 Å². The monoisotopic (exact) mass is 242 g/mol. The van der Waals surface area contributed by atoms with E-state index in [9.17, 15) is 8.42 Å². The third-order valence-electron chi connectivity index (χ3n) is 2.36. The number of hydrogen-bond donors (Lipinski definition) is 1. The Kier molecular flexibility index (Phi) is 3.72. The molecule has 0 bridgehead atoms. The van der Waals surface area contributed by atoms with E-state index >= 15 is 0 Å². The number of rotatable bonds is 4. The van der Waals surface area contributed by atoms with Crippen molar-refractivity contribution in [3.8, 4) is 0 Å². The Morgan fingerprint density at radius 2 is 1.62 bits per heavy atom. The molecule has 0 saturated heterocycles. The minimum Gasteiger partial charge on any atom is -0.195 e. The third kappa shape index (κ3) is 3.04. The molecule has 0 unspecified atom stereocenters. The molecule has 1 aromatic rings. The van der Waals surface area contributed by atoms with Gasteiger partial charge in [0, 0.05) is 14.1 Å². The maximum atomic E-state index is 11.7. The van der Waals surface area contributed by atoms with Gasteiger partial charge in [0.25, 0.3) is 10.2 Å². The molecular formula is C11H18N2O2S. The molecule has 0 fully saturated rings. The van der Waals surface area contributed by atoms with Crippen LogP contribution in [-0.2, 0) is 15.7 Å². The van der Waals surface area contributed by atoms with Crippen molar-refractivity contribution in [2.24, 2.45) is 0 Å². The number of benzene rings is 1. The van der Waals surface area contributed by atoms with E-state index in [1.54, 1.807) is 0 Å². The maximum absolute atomic E-state index is 11.7. The number of hydrogen-bond acceptors (Lipinski definition) is 2.